The van der Waals surface area contributed by atoms with Gasteiger partial charge in [0, 0.05) is 7.11 Å². The van der Waals surface area contributed by atoms with Crippen LogP contribution in [0.15, 0.2) is 0 Å². The lowest BCUT2D eigenvalue weighted by Crippen LogP contribution is -2.33. The van der Waals surface area contributed by atoms with Crippen LogP contribution in [0.2, 0.25) is 0 Å². The molecule has 0 amide bonds. The first-order chi connectivity index (χ1) is 7.11. The molecule has 0 radical (unpaired) electrons. The molecule has 0 aromatic carbocycles. The Bertz CT molecular complexity index is 173. The molecule has 0 fully saturated rings. The van der Waals surface area contributed by atoms with Crippen molar-refractivity contribution >= 4 is 5.97 Å². The minimum absolute atomic E-state index is 0.0699. The molecule has 0 aromatic heterocycles. The van der Waals surface area contributed by atoms with Crippen LogP contribution >= 0.6 is 0 Å². The van der Waals surface area contributed by atoms with Crippen molar-refractivity contribution < 1.29 is 14.3 Å². The number of rotatable bonds is 8. The van der Waals surface area contributed by atoms with E-state index < -0.39 is 6.23 Å². The molecule has 0 aliphatic carbocycles. The molecule has 0 aliphatic heterocycles. The highest BCUT2D eigenvalue weighted by Crippen LogP contribution is 2.11. The first kappa shape index (κ1) is 14.4. The second-order valence-electron chi connectivity index (χ2n) is 3.83. The van der Waals surface area contributed by atoms with Crippen LogP contribution in [0.4, 0.5) is 0 Å². The third-order valence-corrected chi connectivity index (χ3v) is 2.24. The van der Waals surface area contributed by atoms with E-state index in [0.29, 0.717) is 0 Å². The van der Waals surface area contributed by atoms with E-state index in [1.54, 1.807) is 0 Å². The van der Waals surface area contributed by atoms with Gasteiger partial charge in [0.25, 0.3) is 0 Å². The first-order valence-electron chi connectivity index (χ1n) is 5.56. The molecule has 4 heteroatoms. The maximum absolute atomic E-state index is 11.5. The molecular formula is C11H23NO3. The minimum Gasteiger partial charge on any atom is -0.444 e. The van der Waals surface area contributed by atoms with Crippen LogP contribution in [0, 0.1) is 5.92 Å². The third kappa shape index (κ3) is 7.33. The highest BCUT2D eigenvalue weighted by atomic mass is 16.6. The second kappa shape index (κ2) is 8.68. The van der Waals surface area contributed by atoms with E-state index >= 15 is 0 Å². The quantitative estimate of drug-likeness (QED) is 0.382. The molecule has 0 heterocycles. The summed E-state index contributed by atoms with van der Waals surface area (Å²) in [6.45, 7) is 4.25. The Morgan fingerprint density at radius 3 is 2.60 bits per heavy atom. The SMILES string of the molecule is CCCCCC(C)C(=O)OC(N)COC. The molecule has 2 unspecified atom stereocenters. The van der Waals surface area contributed by atoms with Gasteiger partial charge in [-0.3, -0.25) is 10.5 Å². The van der Waals surface area contributed by atoms with Crippen molar-refractivity contribution in [2.75, 3.05) is 13.7 Å². The summed E-state index contributed by atoms with van der Waals surface area (Å²) in [6.07, 6.45) is 3.60. The molecule has 0 rings (SSSR count). The highest BCUT2D eigenvalue weighted by Gasteiger charge is 2.16. The molecule has 4 nitrogen and oxygen atoms in total. The number of carbonyl (C=O) groups is 1. The van der Waals surface area contributed by atoms with Crippen LogP contribution in [0.3, 0.4) is 0 Å². The number of ether oxygens (including phenoxy) is 2. The fourth-order valence-electron chi connectivity index (χ4n) is 1.28. The van der Waals surface area contributed by atoms with E-state index in [0.717, 1.165) is 25.7 Å². The highest BCUT2D eigenvalue weighted by molar-refractivity contribution is 5.72. The van der Waals surface area contributed by atoms with E-state index in [1.165, 1.54) is 7.11 Å². The van der Waals surface area contributed by atoms with Gasteiger partial charge >= 0.3 is 5.97 Å². The van der Waals surface area contributed by atoms with E-state index in [-0.39, 0.29) is 18.5 Å². The van der Waals surface area contributed by atoms with Crippen LogP contribution in [-0.2, 0) is 14.3 Å². The standard InChI is InChI=1S/C11H23NO3/c1-4-5-6-7-9(2)11(13)15-10(12)8-14-3/h9-10H,4-8,12H2,1-3H3. The van der Waals surface area contributed by atoms with Crippen LogP contribution in [0.1, 0.15) is 39.5 Å². The summed E-state index contributed by atoms with van der Waals surface area (Å²) >= 11 is 0. The predicted octanol–water partition coefficient (Wildman–Crippen LogP) is 1.68. The molecular weight excluding hydrogens is 194 g/mol. The Morgan fingerprint density at radius 2 is 2.07 bits per heavy atom. The van der Waals surface area contributed by atoms with Crippen molar-refractivity contribution in [1.82, 2.24) is 0 Å². The van der Waals surface area contributed by atoms with Gasteiger partial charge in [0.05, 0.1) is 12.5 Å². The summed E-state index contributed by atoms with van der Waals surface area (Å²) in [4.78, 5) is 11.5. The van der Waals surface area contributed by atoms with E-state index in [2.05, 4.69) is 6.92 Å². The number of unbranched alkanes of at least 4 members (excludes halogenated alkanes) is 2. The van der Waals surface area contributed by atoms with Gasteiger partial charge in [0.1, 0.15) is 0 Å². The summed E-state index contributed by atoms with van der Waals surface area (Å²) in [5.74, 6) is -0.296. The predicted molar refractivity (Wildman–Crippen MR) is 59.2 cm³/mol. The Kier molecular flexibility index (Phi) is 8.33. The molecule has 0 saturated carbocycles. The monoisotopic (exact) mass is 217 g/mol. The summed E-state index contributed by atoms with van der Waals surface area (Å²) < 4.78 is 9.78. The number of hydrogen-bond acceptors (Lipinski definition) is 4. The number of methoxy groups -OCH3 is 1. The van der Waals surface area contributed by atoms with Gasteiger partial charge in [-0.1, -0.05) is 33.1 Å². The largest absolute Gasteiger partial charge is 0.444 e. The normalized spacial score (nSPS) is 14.7. The lowest BCUT2D eigenvalue weighted by Gasteiger charge is -2.15. The molecule has 2 atom stereocenters. The van der Waals surface area contributed by atoms with Crippen molar-refractivity contribution in [3.05, 3.63) is 0 Å². The molecule has 0 aliphatic rings. The molecule has 15 heavy (non-hydrogen) atoms. The molecule has 0 spiro atoms. The van der Waals surface area contributed by atoms with Crippen molar-refractivity contribution in [2.45, 2.75) is 45.8 Å². The van der Waals surface area contributed by atoms with Gasteiger partial charge in [-0.15, -0.1) is 0 Å². The summed E-state index contributed by atoms with van der Waals surface area (Å²) in [5.41, 5.74) is 5.51. The van der Waals surface area contributed by atoms with Crippen molar-refractivity contribution in [1.29, 1.82) is 0 Å². The maximum atomic E-state index is 11.5. The van der Waals surface area contributed by atoms with Crippen molar-refractivity contribution in [3.63, 3.8) is 0 Å². The molecule has 2 N–H and O–H groups in total. The van der Waals surface area contributed by atoms with Crippen molar-refractivity contribution in [2.24, 2.45) is 11.7 Å². The smallest absolute Gasteiger partial charge is 0.310 e. The topological polar surface area (TPSA) is 61.5 Å². The van der Waals surface area contributed by atoms with Gasteiger partial charge in [-0.2, -0.15) is 0 Å². The Morgan fingerprint density at radius 1 is 1.40 bits per heavy atom. The lowest BCUT2D eigenvalue weighted by atomic mass is 10.0. The van der Waals surface area contributed by atoms with Gasteiger partial charge < -0.3 is 9.47 Å². The Labute approximate surface area is 92.1 Å². The van der Waals surface area contributed by atoms with Gasteiger partial charge in [0.15, 0.2) is 6.23 Å². The zero-order valence-corrected chi connectivity index (χ0v) is 9.99. The zero-order valence-electron chi connectivity index (χ0n) is 9.99. The van der Waals surface area contributed by atoms with E-state index in [1.807, 2.05) is 6.92 Å². The molecule has 90 valence electrons. The molecule has 0 bridgehead atoms. The third-order valence-electron chi connectivity index (χ3n) is 2.24. The first-order valence-corrected chi connectivity index (χ1v) is 5.56. The average molecular weight is 217 g/mol. The van der Waals surface area contributed by atoms with E-state index in [9.17, 15) is 4.79 Å². The minimum atomic E-state index is -0.642. The van der Waals surface area contributed by atoms with E-state index in [4.69, 9.17) is 15.2 Å². The summed E-state index contributed by atoms with van der Waals surface area (Å²) in [6, 6.07) is 0. The van der Waals surface area contributed by atoms with Gasteiger partial charge in [-0.25, -0.2) is 0 Å². The van der Waals surface area contributed by atoms with Crippen LogP contribution < -0.4 is 5.73 Å². The molecule has 0 saturated heterocycles. The van der Waals surface area contributed by atoms with Gasteiger partial charge in [-0.05, 0) is 6.42 Å². The van der Waals surface area contributed by atoms with Crippen LogP contribution in [0.25, 0.3) is 0 Å². The van der Waals surface area contributed by atoms with Crippen LogP contribution in [0.5, 0.6) is 0 Å². The number of nitrogens with two attached hydrogens (primary N) is 1. The fraction of sp³-hybridized carbons (Fsp3) is 0.909. The average Bonchev–Trinajstić information content (AvgIpc) is 2.18. The van der Waals surface area contributed by atoms with Crippen LogP contribution in [-0.4, -0.2) is 25.9 Å². The fourth-order valence-corrected chi connectivity index (χ4v) is 1.28. The van der Waals surface area contributed by atoms with Crippen molar-refractivity contribution in [3.8, 4) is 0 Å². The lowest BCUT2D eigenvalue weighted by molar-refractivity contribution is -0.155. The number of hydrogen-bond donors (Lipinski definition) is 1. The second-order valence-corrected chi connectivity index (χ2v) is 3.83. The number of esters is 1. The maximum Gasteiger partial charge on any atom is 0.310 e. The zero-order chi connectivity index (χ0) is 11.7. The summed E-state index contributed by atoms with van der Waals surface area (Å²) in [7, 11) is 1.53. The summed E-state index contributed by atoms with van der Waals surface area (Å²) in [5, 5.41) is 0. The Hall–Kier alpha value is -0.610. The Balaban J connectivity index is 3.68. The molecule has 0 aromatic rings. The van der Waals surface area contributed by atoms with Gasteiger partial charge in [0.2, 0.25) is 0 Å². The number of carbonyl (C=O) groups excluding carboxylic acids is 1.